The van der Waals surface area contributed by atoms with Gasteiger partial charge in [0.05, 0.1) is 0 Å². The second-order valence-electron chi connectivity index (χ2n) is 6.81. The van der Waals surface area contributed by atoms with E-state index >= 15 is 0 Å². The van der Waals surface area contributed by atoms with Crippen LogP contribution in [0.15, 0.2) is 36.7 Å². The summed E-state index contributed by atoms with van der Waals surface area (Å²) in [5.74, 6) is 0.565. The number of nitrogens with two attached hydrogens (primary N) is 1. The Morgan fingerprint density at radius 2 is 2.10 bits per heavy atom. The summed E-state index contributed by atoms with van der Waals surface area (Å²) in [6, 6.07) is 8.63. The lowest BCUT2D eigenvalue weighted by molar-refractivity contribution is 0.113. The average molecular weight is 268 g/mol. The van der Waals surface area contributed by atoms with Crippen molar-refractivity contribution in [1.29, 1.82) is 0 Å². The highest BCUT2D eigenvalue weighted by Crippen LogP contribution is 2.46. The molecule has 2 aromatic rings. The van der Waals surface area contributed by atoms with Gasteiger partial charge in [0.15, 0.2) is 0 Å². The van der Waals surface area contributed by atoms with Crippen molar-refractivity contribution < 1.29 is 0 Å². The van der Waals surface area contributed by atoms with Gasteiger partial charge in [0.2, 0.25) is 0 Å². The molecule has 0 amide bonds. The van der Waals surface area contributed by atoms with Crippen molar-refractivity contribution in [2.75, 3.05) is 0 Å². The Bertz CT molecular complexity index is 598. The minimum Gasteiger partial charge on any atom is -0.324 e. The van der Waals surface area contributed by atoms with Gasteiger partial charge in [-0.3, -0.25) is 4.98 Å². The van der Waals surface area contributed by atoms with Gasteiger partial charge in [-0.1, -0.05) is 44.9 Å². The van der Waals surface area contributed by atoms with Crippen molar-refractivity contribution in [2.24, 2.45) is 17.1 Å². The molecule has 1 saturated carbocycles. The Labute approximate surface area is 121 Å². The summed E-state index contributed by atoms with van der Waals surface area (Å²) in [5.41, 5.74) is 8.31. The van der Waals surface area contributed by atoms with Gasteiger partial charge < -0.3 is 5.73 Å². The fourth-order valence-corrected chi connectivity index (χ4v) is 3.84. The van der Waals surface area contributed by atoms with E-state index in [1.54, 1.807) is 0 Å². The van der Waals surface area contributed by atoms with E-state index in [2.05, 4.69) is 43.1 Å². The average Bonchev–Trinajstić information content (AvgIpc) is 2.45. The minimum atomic E-state index is 0.122. The van der Waals surface area contributed by atoms with E-state index in [4.69, 9.17) is 5.73 Å². The normalized spacial score (nSPS) is 23.6. The van der Waals surface area contributed by atoms with Crippen LogP contribution in [0.1, 0.15) is 51.1 Å². The van der Waals surface area contributed by atoms with Crippen molar-refractivity contribution >= 4 is 10.8 Å². The van der Waals surface area contributed by atoms with Crippen LogP contribution in [0.3, 0.4) is 0 Å². The summed E-state index contributed by atoms with van der Waals surface area (Å²) < 4.78 is 0. The molecule has 0 aliphatic heterocycles. The smallest absolute Gasteiger partial charge is 0.0346 e. The van der Waals surface area contributed by atoms with Crippen LogP contribution in [-0.2, 0) is 0 Å². The van der Waals surface area contributed by atoms with Crippen LogP contribution in [0.4, 0.5) is 0 Å². The van der Waals surface area contributed by atoms with Gasteiger partial charge >= 0.3 is 0 Å². The molecule has 1 fully saturated rings. The Hall–Kier alpha value is -1.41. The number of hydrogen-bond donors (Lipinski definition) is 1. The summed E-state index contributed by atoms with van der Waals surface area (Å²) >= 11 is 0. The molecule has 0 spiro atoms. The SMILES string of the molecule is CC1(C)CCCCC1C(N)c1cccc2cnccc12. The number of hydrogen-bond acceptors (Lipinski definition) is 2. The van der Waals surface area contributed by atoms with Crippen molar-refractivity contribution in [1.82, 2.24) is 4.98 Å². The third kappa shape index (κ3) is 2.33. The predicted molar refractivity (Wildman–Crippen MR) is 84.4 cm³/mol. The largest absolute Gasteiger partial charge is 0.324 e. The Balaban J connectivity index is 2.02. The maximum atomic E-state index is 6.69. The van der Waals surface area contributed by atoms with Gasteiger partial charge in [0.25, 0.3) is 0 Å². The molecule has 1 aromatic heterocycles. The molecule has 0 radical (unpaired) electrons. The number of rotatable bonds is 2. The van der Waals surface area contributed by atoms with Crippen LogP contribution in [0.5, 0.6) is 0 Å². The lowest BCUT2D eigenvalue weighted by atomic mass is 9.65. The van der Waals surface area contributed by atoms with E-state index in [0.29, 0.717) is 11.3 Å². The molecule has 106 valence electrons. The van der Waals surface area contributed by atoms with E-state index in [9.17, 15) is 0 Å². The quantitative estimate of drug-likeness (QED) is 0.874. The fraction of sp³-hybridized carbons (Fsp3) is 0.500. The third-order valence-electron chi connectivity index (χ3n) is 5.10. The second kappa shape index (κ2) is 5.17. The van der Waals surface area contributed by atoms with E-state index in [1.807, 2.05) is 12.4 Å². The molecule has 1 heterocycles. The number of pyridine rings is 1. The molecule has 3 rings (SSSR count). The van der Waals surface area contributed by atoms with Crippen LogP contribution in [0, 0.1) is 11.3 Å². The summed E-state index contributed by atoms with van der Waals surface area (Å²) in [6.07, 6.45) is 8.99. The molecule has 0 saturated heterocycles. The van der Waals surface area contributed by atoms with Gasteiger partial charge in [-0.25, -0.2) is 0 Å². The standard InChI is InChI=1S/C18H24N2/c1-18(2)10-4-3-8-16(18)17(19)15-7-5-6-13-12-20-11-9-14(13)15/h5-7,9,11-12,16-17H,3-4,8,10,19H2,1-2H3. The number of benzene rings is 1. The lowest BCUT2D eigenvalue weighted by Crippen LogP contribution is -2.36. The molecule has 1 aliphatic rings. The van der Waals surface area contributed by atoms with Crippen molar-refractivity contribution in [3.05, 3.63) is 42.2 Å². The minimum absolute atomic E-state index is 0.122. The van der Waals surface area contributed by atoms with Gasteiger partial charge in [0.1, 0.15) is 0 Å². The highest BCUT2D eigenvalue weighted by molar-refractivity contribution is 5.85. The summed E-state index contributed by atoms with van der Waals surface area (Å²) in [7, 11) is 0. The zero-order chi connectivity index (χ0) is 14.2. The molecule has 1 aromatic carbocycles. The van der Waals surface area contributed by atoms with Crippen LogP contribution in [-0.4, -0.2) is 4.98 Å². The number of fused-ring (bicyclic) bond motifs is 1. The Morgan fingerprint density at radius 1 is 1.25 bits per heavy atom. The Kier molecular flexibility index (Phi) is 3.51. The molecule has 20 heavy (non-hydrogen) atoms. The molecule has 2 nitrogen and oxygen atoms in total. The zero-order valence-electron chi connectivity index (χ0n) is 12.5. The van der Waals surface area contributed by atoms with Crippen molar-refractivity contribution in [3.63, 3.8) is 0 Å². The molecule has 2 heteroatoms. The first-order valence-electron chi connectivity index (χ1n) is 7.68. The zero-order valence-corrected chi connectivity index (χ0v) is 12.5. The summed E-state index contributed by atoms with van der Waals surface area (Å²) in [6.45, 7) is 4.76. The first-order chi connectivity index (χ1) is 9.59. The highest BCUT2D eigenvalue weighted by atomic mass is 14.7. The number of nitrogens with zero attached hydrogens (tertiary/aromatic N) is 1. The van der Waals surface area contributed by atoms with E-state index in [1.165, 1.54) is 42.0 Å². The number of aromatic nitrogens is 1. The van der Waals surface area contributed by atoms with Crippen LogP contribution in [0.2, 0.25) is 0 Å². The Morgan fingerprint density at radius 3 is 2.90 bits per heavy atom. The first kappa shape index (κ1) is 13.6. The third-order valence-corrected chi connectivity index (χ3v) is 5.10. The van der Waals surface area contributed by atoms with Gasteiger partial charge in [-0.05, 0) is 41.2 Å². The lowest BCUT2D eigenvalue weighted by Gasteiger charge is -2.42. The van der Waals surface area contributed by atoms with Crippen LogP contribution in [0.25, 0.3) is 10.8 Å². The predicted octanol–water partition coefficient (Wildman–Crippen LogP) is 4.45. The maximum absolute atomic E-state index is 6.69. The summed E-state index contributed by atoms with van der Waals surface area (Å²) in [5, 5.41) is 2.45. The summed E-state index contributed by atoms with van der Waals surface area (Å²) in [4.78, 5) is 4.21. The molecular formula is C18H24N2. The van der Waals surface area contributed by atoms with E-state index in [0.717, 1.165) is 0 Å². The molecule has 2 atom stereocenters. The topological polar surface area (TPSA) is 38.9 Å². The van der Waals surface area contributed by atoms with E-state index in [-0.39, 0.29) is 6.04 Å². The molecule has 2 unspecified atom stereocenters. The van der Waals surface area contributed by atoms with Gasteiger partial charge in [0, 0.05) is 23.8 Å². The van der Waals surface area contributed by atoms with Gasteiger partial charge in [-0.2, -0.15) is 0 Å². The monoisotopic (exact) mass is 268 g/mol. The maximum Gasteiger partial charge on any atom is 0.0346 e. The fourth-order valence-electron chi connectivity index (χ4n) is 3.84. The molecule has 1 aliphatic carbocycles. The molecule has 2 N–H and O–H groups in total. The van der Waals surface area contributed by atoms with Crippen molar-refractivity contribution in [2.45, 2.75) is 45.6 Å². The van der Waals surface area contributed by atoms with Crippen LogP contribution < -0.4 is 5.73 Å². The molecule has 0 bridgehead atoms. The first-order valence-corrected chi connectivity index (χ1v) is 7.68. The highest BCUT2D eigenvalue weighted by Gasteiger charge is 2.36. The van der Waals surface area contributed by atoms with Crippen molar-refractivity contribution in [3.8, 4) is 0 Å². The van der Waals surface area contributed by atoms with Gasteiger partial charge in [-0.15, -0.1) is 0 Å². The van der Waals surface area contributed by atoms with Crippen LogP contribution >= 0.6 is 0 Å². The van der Waals surface area contributed by atoms with E-state index < -0.39 is 0 Å². The molecular weight excluding hydrogens is 244 g/mol. The second-order valence-corrected chi connectivity index (χ2v) is 6.81.